The molecule has 0 unspecified atom stereocenters. The summed E-state index contributed by atoms with van der Waals surface area (Å²) in [5.74, 6) is 0.841. The SMILES string of the molecule is CC(C)(CCCC(=O)OCCOc1ccccc1)c1ccc(O)cc1. The van der Waals surface area contributed by atoms with E-state index in [1.54, 1.807) is 12.1 Å². The number of phenolic OH excluding ortho intramolecular Hbond substituents is 1. The molecule has 0 amide bonds. The van der Waals surface area contributed by atoms with Gasteiger partial charge in [0.1, 0.15) is 24.7 Å². The highest BCUT2D eigenvalue weighted by atomic mass is 16.6. The van der Waals surface area contributed by atoms with Crippen LogP contribution in [0.2, 0.25) is 0 Å². The average Bonchev–Trinajstić information content (AvgIpc) is 2.60. The molecule has 0 aromatic heterocycles. The van der Waals surface area contributed by atoms with Gasteiger partial charge in [0, 0.05) is 6.42 Å². The number of carbonyl (C=O) groups excluding carboxylic acids is 1. The zero-order valence-corrected chi connectivity index (χ0v) is 14.9. The Morgan fingerprint density at radius 2 is 1.68 bits per heavy atom. The third-order valence-corrected chi connectivity index (χ3v) is 4.19. The highest BCUT2D eigenvalue weighted by Crippen LogP contribution is 2.30. The first-order chi connectivity index (χ1) is 12.0. The molecule has 2 aromatic carbocycles. The highest BCUT2D eigenvalue weighted by Gasteiger charge is 2.20. The summed E-state index contributed by atoms with van der Waals surface area (Å²) in [5.41, 5.74) is 1.10. The fraction of sp³-hybridized carbons (Fsp3) is 0.381. The van der Waals surface area contributed by atoms with Crippen molar-refractivity contribution in [3.8, 4) is 11.5 Å². The van der Waals surface area contributed by atoms with Gasteiger partial charge in [0.2, 0.25) is 0 Å². The first-order valence-corrected chi connectivity index (χ1v) is 8.60. The molecule has 2 aromatic rings. The molecule has 0 saturated carbocycles. The molecule has 25 heavy (non-hydrogen) atoms. The van der Waals surface area contributed by atoms with Crippen LogP contribution >= 0.6 is 0 Å². The summed E-state index contributed by atoms with van der Waals surface area (Å²) < 4.78 is 10.7. The largest absolute Gasteiger partial charge is 0.508 e. The van der Waals surface area contributed by atoms with Crippen molar-refractivity contribution in [2.45, 2.75) is 38.5 Å². The molecular weight excluding hydrogens is 316 g/mol. The number of hydrogen-bond acceptors (Lipinski definition) is 4. The molecule has 0 fully saturated rings. The third-order valence-electron chi connectivity index (χ3n) is 4.19. The summed E-state index contributed by atoms with van der Waals surface area (Å²) in [6.07, 6.45) is 2.02. The van der Waals surface area contributed by atoms with E-state index in [4.69, 9.17) is 9.47 Å². The van der Waals surface area contributed by atoms with Gasteiger partial charge >= 0.3 is 5.97 Å². The number of aromatic hydroxyl groups is 1. The van der Waals surface area contributed by atoms with E-state index in [9.17, 15) is 9.90 Å². The number of rotatable bonds is 9. The van der Waals surface area contributed by atoms with E-state index in [0.29, 0.717) is 13.0 Å². The maximum atomic E-state index is 11.8. The van der Waals surface area contributed by atoms with Gasteiger partial charge in [0.25, 0.3) is 0 Å². The van der Waals surface area contributed by atoms with Crippen molar-refractivity contribution in [3.05, 3.63) is 60.2 Å². The summed E-state index contributed by atoms with van der Waals surface area (Å²) in [5, 5.41) is 9.38. The van der Waals surface area contributed by atoms with Gasteiger partial charge in [-0.3, -0.25) is 4.79 Å². The van der Waals surface area contributed by atoms with E-state index in [1.807, 2.05) is 42.5 Å². The summed E-state index contributed by atoms with van der Waals surface area (Å²) in [6.45, 7) is 4.89. The zero-order valence-electron chi connectivity index (χ0n) is 14.9. The Bertz CT molecular complexity index is 647. The van der Waals surface area contributed by atoms with Crippen LogP contribution in [0, 0.1) is 0 Å². The predicted molar refractivity (Wildman–Crippen MR) is 97.9 cm³/mol. The number of carbonyl (C=O) groups is 1. The molecule has 4 heteroatoms. The second-order valence-electron chi connectivity index (χ2n) is 6.67. The number of para-hydroxylation sites is 1. The first kappa shape index (κ1) is 18.8. The Balaban J connectivity index is 1.63. The summed E-state index contributed by atoms with van der Waals surface area (Å²) in [6, 6.07) is 16.7. The fourth-order valence-electron chi connectivity index (χ4n) is 2.64. The second kappa shape index (κ2) is 9.11. The predicted octanol–water partition coefficient (Wildman–Crippen LogP) is 4.46. The van der Waals surface area contributed by atoms with Crippen LogP contribution in [0.1, 0.15) is 38.7 Å². The van der Waals surface area contributed by atoms with Gasteiger partial charge in [-0.2, -0.15) is 0 Å². The number of esters is 1. The lowest BCUT2D eigenvalue weighted by Crippen LogP contribution is -2.18. The van der Waals surface area contributed by atoms with Crippen LogP contribution in [0.15, 0.2) is 54.6 Å². The minimum Gasteiger partial charge on any atom is -0.508 e. The lowest BCUT2D eigenvalue weighted by molar-refractivity contribution is -0.144. The standard InChI is InChI=1S/C21H26O4/c1-21(2,17-10-12-18(22)13-11-17)14-6-9-20(23)25-16-15-24-19-7-4-3-5-8-19/h3-5,7-8,10-13,22H,6,9,14-16H2,1-2H3. The smallest absolute Gasteiger partial charge is 0.305 e. The molecule has 4 nitrogen and oxygen atoms in total. The molecule has 0 bridgehead atoms. The molecular formula is C21H26O4. The highest BCUT2D eigenvalue weighted by molar-refractivity contribution is 5.69. The molecule has 0 spiro atoms. The summed E-state index contributed by atoms with van der Waals surface area (Å²) >= 11 is 0. The van der Waals surface area contributed by atoms with Crippen molar-refractivity contribution in [3.63, 3.8) is 0 Å². The molecule has 0 aliphatic rings. The molecule has 2 rings (SSSR count). The molecule has 134 valence electrons. The van der Waals surface area contributed by atoms with Crippen molar-refractivity contribution >= 4 is 5.97 Å². The van der Waals surface area contributed by atoms with Crippen molar-refractivity contribution in [2.24, 2.45) is 0 Å². The molecule has 0 radical (unpaired) electrons. The molecule has 0 heterocycles. The van der Waals surface area contributed by atoms with Crippen LogP contribution in [-0.2, 0) is 14.9 Å². The van der Waals surface area contributed by atoms with Crippen molar-refractivity contribution < 1.29 is 19.4 Å². The van der Waals surface area contributed by atoms with Crippen LogP contribution < -0.4 is 4.74 Å². The van der Waals surface area contributed by atoms with Gasteiger partial charge in [0.15, 0.2) is 0 Å². The summed E-state index contributed by atoms with van der Waals surface area (Å²) in [4.78, 5) is 11.8. The number of ether oxygens (including phenoxy) is 2. The normalized spacial score (nSPS) is 11.1. The van der Waals surface area contributed by atoms with Crippen molar-refractivity contribution in [2.75, 3.05) is 13.2 Å². The molecule has 0 saturated heterocycles. The Morgan fingerprint density at radius 1 is 1.00 bits per heavy atom. The van der Waals surface area contributed by atoms with Crippen LogP contribution in [0.3, 0.4) is 0 Å². The minimum atomic E-state index is -0.196. The van der Waals surface area contributed by atoms with E-state index in [2.05, 4.69) is 13.8 Å². The van der Waals surface area contributed by atoms with Gasteiger partial charge in [-0.1, -0.05) is 44.2 Å². The zero-order chi connectivity index (χ0) is 18.1. The van der Waals surface area contributed by atoms with Gasteiger partial charge < -0.3 is 14.6 Å². The molecule has 1 N–H and O–H groups in total. The second-order valence-corrected chi connectivity index (χ2v) is 6.67. The third kappa shape index (κ3) is 6.49. The average molecular weight is 342 g/mol. The van der Waals surface area contributed by atoms with E-state index >= 15 is 0 Å². The van der Waals surface area contributed by atoms with Crippen LogP contribution in [-0.4, -0.2) is 24.3 Å². The lowest BCUT2D eigenvalue weighted by atomic mass is 9.80. The number of benzene rings is 2. The van der Waals surface area contributed by atoms with Crippen molar-refractivity contribution in [1.29, 1.82) is 0 Å². The van der Waals surface area contributed by atoms with Crippen molar-refractivity contribution in [1.82, 2.24) is 0 Å². The van der Waals surface area contributed by atoms with Gasteiger partial charge in [0.05, 0.1) is 0 Å². The maximum Gasteiger partial charge on any atom is 0.305 e. The van der Waals surface area contributed by atoms with E-state index in [1.165, 1.54) is 0 Å². The Labute approximate surface area is 149 Å². The monoisotopic (exact) mass is 342 g/mol. The molecule has 0 atom stereocenters. The number of phenols is 1. The fourth-order valence-corrected chi connectivity index (χ4v) is 2.64. The van der Waals surface area contributed by atoms with Gasteiger partial charge in [-0.05, 0) is 48.1 Å². The quantitative estimate of drug-likeness (QED) is 0.540. The van der Waals surface area contributed by atoms with Crippen LogP contribution in [0.4, 0.5) is 0 Å². The topological polar surface area (TPSA) is 55.8 Å². The van der Waals surface area contributed by atoms with Crippen LogP contribution in [0.5, 0.6) is 11.5 Å². The number of hydrogen-bond donors (Lipinski definition) is 1. The maximum absolute atomic E-state index is 11.8. The van der Waals surface area contributed by atoms with E-state index < -0.39 is 0 Å². The summed E-state index contributed by atoms with van der Waals surface area (Å²) in [7, 11) is 0. The van der Waals surface area contributed by atoms with Crippen LogP contribution in [0.25, 0.3) is 0 Å². The molecule has 0 aliphatic carbocycles. The minimum absolute atomic E-state index is 0.0512. The lowest BCUT2D eigenvalue weighted by Gasteiger charge is -2.25. The van der Waals surface area contributed by atoms with E-state index in [-0.39, 0.29) is 23.7 Å². The van der Waals surface area contributed by atoms with E-state index in [0.717, 1.165) is 24.2 Å². The van der Waals surface area contributed by atoms with Gasteiger partial charge in [-0.15, -0.1) is 0 Å². The first-order valence-electron chi connectivity index (χ1n) is 8.60. The molecule has 0 aliphatic heterocycles. The Morgan fingerprint density at radius 3 is 2.36 bits per heavy atom. The Kier molecular flexibility index (Phi) is 6.87. The Hall–Kier alpha value is -2.49. The van der Waals surface area contributed by atoms with Gasteiger partial charge in [-0.25, -0.2) is 0 Å².